The smallest absolute Gasteiger partial charge is 0.344 e. The van der Waals surface area contributed by atoms with Gasteiger partial charge in [0.05, 0.1) is 22.0 Å². The van der Waals surface area contributed by atoms with Crippen molar-refractivity contribution in [1.82, 2.24) is 9.66 Å². The van der Waals surface area contributed by atoms with Gasteiger partial charge in [-0.05, 0) is 49.4 Å². The number of fused-ring (bicyclic) bond motifs is 2. The van der Waals surface area contributed by atoms with Gasteiger partial charge in [-0.25, -0.2) is 9.78 Å². The first kappa shape index (κ1) is 24.8. The summed E-state index contributed by atoms with van der Waals surface area (Å²) in [5, 5.41) is 26.2. The van der Waals surface area contributed by atoms with Crippen LogP contribution >= 0.6 is 15.9 Å². The van der Waals surface area contributed by atoms with Crippen LogP contribution in [-0.2, 0) is 4.79 Å². The van der Waals surface area contributed by atoms with Crippen LogP contribution < -0.4 is 10.3 Å². The predicted molar refractivity (Wildman–Crippen MR) is 143 cm³/mol. The van der Waals surface area contributed by atoms with Crippen molar-refractivity contribution in [2.24, 2.45) is 5.10 Å². The van der Waals surface area contributed by atoms with Crippen molar-refractivity contribution in [3.05, 3.63) is 97.2 Å². The largest absolute Gasteiger partial charge is 0.479 e. The first-order chi connectivity index (χ1) is 18.2. The van der Waals surface area contributed by atoms with Gasteiger partial charge in [-0.1, -0.05) is 34.1 Å². The van der Waals surface area contributed by atoms with E-state index < -0.39 is 28.2 Å². The highest BCUT2D eigenvalue weighted by atomic mass is 79.9. The maximum absolute atomic E-state index is 13.5. The van der Waals surface area contributed by atoms with E-state index >= 15 is 0 Å². The van der Waals surface area contributed by atoms with Gasteiger partial charge in [-0.2, -0.15) is 9.78 Å². The molecule has 0 aliphatic rings. The molecule has 38 heavy (non-hydrogen) atoms. The Kier molecular flexibility index (Phi) is 6.47. The number of carboxylic acid groups (broad SMARTS) is 1. The van der Waals surface area contributed by atoms with E-state index in [1.54, 1.807) is 36.4 Å². The molecule has 2 heterocycles. The number of rotatable bonds is 7. The fourth-order valence-electron chi connectivity index (χ4n) is 3.78. The van der Waals surface area contributed by atoms with Crippen molar-refractivity contribution in [3.8, 4) is 17.3 Å². The minimum absolute atomic E-state index is 0.0897. The summed E-state index contributed by atoms with van der Waals surface area (Å²) in [6, 6.07) is 17.9. The molecule has 1 N–H and O–H groups in total. The number of nitro groups is 1. The van der Waals surface area contributed by atoms with E-state index in [0.717, 1.165) is 14.5 Å². The van der Waals surface area contributed by atoms with Crippen LogP contribution in [0.2, 0.25) is 0 Å². The number of para-hydroxylation sites is 2. The molecule has 0 aliphatic carbocycles. The third-order valence-corrected chi connectivity index (χ3v) is 6.12. The Hall–Kier alpha value is -4.84. The summed E-state index contributed by atoms with van der Waals surface area (Å²) < 4.78 is 13.2. The van der Waals surface area contributed by atoms with Crippen LogP contribution in [0.3, 0.4) is 0 Å². The lowest BCUT2D eigenvalue weighted by Crippen LogP contribution is -2.24. The van der Waals surface area contributed by atoms with Crippen LogP contribution in [0.15, 0.2) is 85.5 Å². The van der Waals surface area contributed by atoms with E-state index in [2.05, 4.69) is 26.0 Å². The van der Waals surface area contributed by atoms with Gasteiger partial charge in [-0.3, -0.25) is 14.9 Å². The SMILES string of the molecule is C[C@H](Oc1c(C=Nn2c(-c3cc4cc(Br)ccc4o3)nc3ccccc3c2=O)cccc1[N+](=O)[O-])C(=O)O. The molecule has 0 saturated heterocycles. The molecule has 1 atom stereocenters. The topological polar surface area (TPSA) is 150 Å². The van der Waals surface area contributed by atoms with Crippen molar-refractivity contribution in [1.29, 1.82) is 0 Å². The molecule has 0 spiro atoms. The molecule has 0 radical (unpaired) electrons. The van der Waals surface area contributed by atoms with Gasteiger partial charge in [0.25, 0.3) is 5.56 Å². The monoisotopic (exact) mass is 576 g/mol. The summed E-state index contributed by atoms with van der Waals surface area (Å²) in [5.74, 6) is -1.23. The zero-order valence-corrected chi connectivity index (χ0v) is 21.2. The Labute approximate surface area is 221 Å². The summed E-state index contributed by atoms with van der Waals surface area (Å²) in [7, 11) is 0. The molecule has 0 fully saturated rings. The second-order valence-corrected chi connectivity index (χ2v) is 9.07. The van der Waals surface area contributed by atoms with Gasteiger partial charge in [-0.15, -0.1) is 0 Å². The quantitative estimate of drug-likeness (QED) is 0.157. The zero-order chi connectivity index (χ0) is 27.0. The van der Waals surface area contributed by atoms with Gasteiger partial charge < -0.3 is 14.3 Å². The highest BCUT2D eigenvalue weighted by Gasteiger charge is 2.24. The normalized spacial score (nSPS) is 12.3. The van der Waals surface area contributed by atoms with Gasteiger partial charge in [0, 0.05) is 21.5 Å². The predicted octanol–water partition coefficient (Wildman–Crippen LogP) is 5.21. The van der Waals surface area contributed by atoms with E-state index in [0.29, 0.717) is 16.5 Å². The molecule has 12 heteroatoms. The summed E-state index contributed by atoms with van der Waals surface area (Å²) in [6.07, 6.45) is -0.198. The van der Waals surface area contributed by atoms with Crippen LogP contribution in [0.25, 0.3) is 33.5 Å². The fourth-order valence-corrected chi connectivity index (χ4v) is 4.16. The number of aliphatic carboxylic acids is 1. The third-order valence-electron chi connectivity index (χ3n) is 5.63. The maximum Gasteiger partial charge on any atom is 0.344 e. The minimum Gasteiger partial charge on any atom is -0.479 e. The number of aromatic nitrogens is 2. The second kappa shape index (κ2) is 9.90. The van der Waals surface area contributed by atoms with Crippen molar-refractivity contribution in [2.45, 2.75) is 13.0 Å². The molecule has 5 rings (SSSR count). The number of hydrogen-bond acceptors (Lipinski definition) is 8. The Balaban J connectivity index is 1.70. The lowest BCUT2D eigenvalue weighted by molar-refractivity contribution is -0.386. The Morgan fingerprint density at radius 1 is 1.21 bits per heavy atom. The van der Waals surface area contributed by atoms with Gasteiger partial charge in [0.1, 0.15) is 5.58 Å². The van der Waals surface area contributed by atoms with Crippen LogP contribution in [0.5, 0.6) is 5.75 Å². The van der Waals surface area contributed by atoms with Crippen molar-refractivity contribution < 1.29 is 24.0 Å². The van der Waals surface area contributed by atoms with Crippen LogP contribution in [0.1, 0.15) is 12.5 Å². The van der Waals surface area contributed by atoms with Crippen molar-refractivity contribution in [3.63, 3.8) is 0 Å². The maximum atomic E-state index is 13.5. The number of benzene rings is 3. The number of nitro benzene ring substituents is 1. The van der Waals surface area contributed by atoms with Crippen LogP contribution in [-0.4, -0.2) is 38.0 Å². The van der Waals surface area contributed by atoms with E-state index in [9.17, 15) is 24.8 Å². The van der Waals surface area contributed by atoms with Gasteiger partial charge in [0.2, 0.25) is 11.6 Å². The summed E-state index contributed by atoms with van der Waals surface area (Å²) >= 11 is 3.42. The summed E-state index contributed by atoms with van der Waals surface area (Å²) in [6.45, 7) is 1.25. The number of ether oxygens (including phenoxy) is 1. The van der Waals surface area contributed by atoms with Gasteiger partial charge in [0.15, 0.2) is 11.9 Å². The number of carbonyl (C=O) groups is 1. The molecule has 0 aliphatic heterocycles. The third kappa shape index (κ3) is 4.64. The minimum atomic E-state index is -1.38. The zero-order valence-electron chi connectivity index (χ0n) is 19.6. The number of hydrogen-bond donors (Lipinski definition) is 1. The lowest BCUT2D eigenvalue weighted by Gasteiger charge is -2.13. The highest BCUT2D eigenvalue weighted by Crippen LogP contribution is 2.32. The number of carboxylic acids is 1. The van der Waals surface area contributed by atoms with E-state index in [1.807, 2.05) is 12.1 Å². The standard InChI is InChI=1S/C26H17BrN4O7/c1-14(26(33)34)37-23-15(5-4-8-20(23)31(35)36)13-28-30-24(29-19-7-3-2-6-18(19)25(30)32)22-12-16-11-17(27)9-10-21(16)38-22/h2-14H,1H3,(H,33,34)/t14-/m0/s1. The van der Waals surface area contributed by atoms with E-state index in [1.165, 1.54) is 31.3 Å². The molecular weight excluding hydrogens is 560 g/mol. The second-order valence-electron chi connectivity index (χ2n) is 8.16. The molecule has 190 valence electrons. The molecule has 0 saturated carbocycles. The Bertz CT molecular complexity index is 1830. The van der Waals surface area contributed by atoms with Gasteiger partial charge >= 0.3 is 11.7 Å². The number of nitrogens with zero attached hydrogens (tertiary/aromatic N) is 4. The molecule has 5 aromatic rings. The number of halogens is 1. The Morgan fingerprint density at radius 3 is 2.76 bits per heavy atom. The molecule has 0 amide bonds. The van der Waals surface area contributed by atoms with Crippen molar-refractivity contribution in [2.75, 3.05) is 0 Å². The van der Waals surface area contributed by atoms with E-state index in [-0.39, 0.29) is 22.9 Å². The van der Waals surface area contributed by atoms with Crippen LogP contribution in [0, 0.1) is 10.1 Å². The molecule has 3 aromatic carbocycles. The first-order valence-electron chi connectivity index (χ1n) is 11.2. The Morgan fingerprint density at radius 2 is 2.00 bits per heavy atom. The highest BCUT2D eigenvalue weighted by molar-refractivity contribution is 9.10. The molecule has 0 bridgehead atoms. The number of furan rings is 1. The van der Waals surface area contributed by atoms with Crippen LogP contribution in [0.4, 0.5) is 5.69 Å². The van der Waals surface area contributed by atoms with E-state index in [4.69, 9.17) is 9.15 Å². The molecule has 0 unspecified atom stereocenters. The molecule has 11 nitrogen and oxygen atoms in total. The summed E-state index contributed by atoms with van der Waals surface area (Å²) in [5.41, 5.74) is 0.129. The van der Waals surface area contributed by atoms with Crippen molar-refractivity contribution >= 4 is 55.7 Å². The average Bonchev–Trinajstić information content (AvgIpc) is 3.31. The lowest BCUT2D eigenvalue weighted by atomic mass is 10.2. The summed E-state index contributed by atoms with van der Waals surface area (Å²) in [4.78, 5) is 40.3. The fraction of sp³-hybridized carbons (Fsp3) is 0.0769. The molecule has 2 aromatic heterocycles. The average molecular weight is 577 g/mol. The molecular formula is C26H17BrN4O7. The first-order valence-corrected chi connectivity index (χ1v) is 11.9.